The number of methoxy groups -OCH3 is 1. The number of anilines is 1. The number of benzene rings is 1. The lowest BCUT2D eigenvalue weighted by atomic mass is 10.1. The van der Waals surface area contributed by atoms with E-state index in [1.165, 1.54) is 16.8 Å². The Hall–Kier alpha value is -0.730. The maximum Gasteiger partial charge on any atom is 0.0762 e. The lowest BCUT2D eigenvalue weighted by molar-refractivity contribution is 0.121. The molecule has 1 aromatic rings. The Balaban J connectivity index is 2.13. The monoisotopic (exact) mass is 239 g/mol. The van der Waals surface area contributed by atoms with Crippen molar-refractivity contribution in [2.45, 2.75) is 25.3 Å². The first-order chi connectivity index (χ1) is 7.74. The number of ether oxygens (including phenoxy) is 1. The van der Waals surface area contributed by atoms with Crippen molar-refractivity contribution in [2.75, 3.05) is 25.1 Å². The molecule has 16 heavy (non-hydrogen) atoms. The van der Waals surface area contributed by atoms with Gasteiger partial charge >= 0.3 is 0 Å². The second-order valence-electron chi connectivity index (χ2n) is 4.34. The Morgan fingerprint density at radius 2 is 2.31 bits per heavy atom. The van der Waals surface area contributed by atoms with E-state index in [-0.39, 0.29) is 0 Å². The Labute approximate surface area is 102 Å². The van der Waals surface area contributed by atoms with E-state index < -0.39 is 0 Å². The van der Waals surface area contributed by atoms with Crippen LogP contribution in [0.1, 0.15) is 17.5 Å². The molecular formula is C13H18ClNO. The second kappa shape index (κ2) is 5.07. The molecule has 88 valence electrons. The van der Waals surface area contributed by atoms with Crippen LogP contribution in [-0.2, 0) is 10.6 Å². The second-order valence-corrected chi connectivity index (χ2v) is 4.60. The number of nitrogens with zero attached hydrogens (tertiary/aromatic N) is 1. The van der Waals surface area contributed by atoms with Crippen LogP contribution in [0.25, 0.3) is 0 Å². The zero-order valence-electron chi connectivity index (χ0n) is 9.87. The third-order valence-electron chi connectivity index (χ3n) is 3.31. The summed E-state index contributed by atoms with van der Waals surface area (Å²) in [5, 5.41) is 0. The fraction of sp³-hybridized carbons (Fsp3) is 0.538. The van der Waals surface area contributed by atoms with Gasteiger partial charge in [-0.1, -0.05) is 6.07 Å². The van der Waals surface area contributed by atoms with Gasteiger partial charge in [0, 0.05) is 31.8 Å². The molecule has 0 aliphatic carbocycles. The van der Waals surface area contributed by atoms with Crippen molar-refractivity contribution >= 4 is 17.3 Å². The first-order valence-electron chi connectivity index (χ1n) is 5.68. The number of rotatable bonds is 3. The smallest absolute Gasteiger partial charge is 0.0762 e. The molecule has 0 aromatic heterocycles. The van der Waals surface area contributed by atoms with Crippen molar-refractivity contribution in [1.82, 2.24) is 0 Å². The minimum Gasteiger partial charge on any atom is -0.380 e. The minimum atomic E-state index is 0.382. The zero-order chi connectivity index (χ0) is 11.5. The third-order valence-corrected chi connectivity index (χ3v) is 3.60. The maximum atomic E-state index is 5.86. The molecule has 1 atom stereocenters. The number of halogens is 1. The quantitative estimate of drug-likeness (QED) is 0.752. The van der Waals surface area contributed by atoms with Crippen molar-refractivity contribution in [3.05, 3.63) is 29.3 Å². The van der Waals surface area contributed by atoms with Crippen molar-refractivity contribution in [3.8, 4) is 0 Å². The highest BCUT2D eigenvalue weighted by Crippen LogP contribution is 2.24. The highest BCUT2D eigenvalue weighted by atomic mass is 35.5. The van der Waals surface area contributed by atoms with Crippen LogP contribution in [-0.4, -0.2) is 26.3 Å². The molecule has 0 amide bonds. The molecule has 1 aliphatic heterocycles. The molecule has 0 radical (unpaired) electrons. The van der Waals surface area contributed by atoms with Gasteiger partial charge in [0.25, 0.3) is 0 Å². The van der Waals surface area contributed by atoms with Crippen LogP contribution < -0.4 is 4.90 Å². The van der Waals surface area contributed by atoms with Crippen molar-refractivity contribution < 1.29 is 4.74 Å². The van der Waals surface area contributed by atoms with Gasteiger partial charge in [0.2, 0.25) is 0 Å². The fourth-order valence-corrected chi connectivity index (χ4v) is 2.48. The van der Waals surface area contributed by atoms with Gasteiger partial charge in [-0.2, -0.15) is 0 Å². The number of aryl methyl sites for hydroxylation is 1. The Bertz CT molecular complexity index is 367. The molecule has 1 unspecified atom stereocenters. The van der Waals surface area contributed by atoms with Crippen LogP contribution in [0.4, 0.5) is 5.69 Å². The molecule has 0 N–H and O–H groups in total. The Morgan fingerprint density at radius 3 is 2.88 bits per heavy atom. The van der Waals surface area contributed by atoms with E-state index in [4.69, 9.17) is 16.3 Å². The van der Waals surface area contributed by atoms with E-state index in [2.05, 4.69) is 30.0 Å². The normalized spacial score (nSPS) is 20.4. The number of hydrogen-bond donors (Lipinski definition) is 0. The summed E-state index contributed by atoms with van der Waals surface area (Å²) in [6.45, 7) is 4.19. The third kappa shape index (κ3) is 2.33. The molecule has 0 saturated carbocycles. The molecule has 0 spiro atoms. The molecule has 2 rings (SSSR count). The van der Waals surface area contributed by atoms with Crippen LogP contribution >= 0.6 is 11.6 Å². The van der Waals surface area contributed by atoms with E-state index in [0.717, 1.165) is 19.5 Å². The summed E-state index contributed by atoms with van der Waals surface area (Å²) < 4.78 is 5.38. The molecule has 1 saturated heterocycles. The summed E-state index contributed by atoms with van der Waals surface area (Å²) in [7, 11) is 1.79. The van der Waals surface area contributed by atoms with Crippen LogP contribution in [0.3, 0.4) is 0 Å². The predicted octanol–water partition coefficient (Wildman–Crippen LogP) is 2.96. The first kappa shape index (κ1) is 11.7. The van der Waals surface area contributed by atoms with Crippen molar-refractivity contribution in [2.24, 2.45) is 0 Å². The molecule has 1 aliphatic rings. The van der Waals surface area contributed by atoms with E-state index in [9.17, 15) is 0 Å². The highest BCUT2D eigenvalue weighted by molar-refractivity contribution is 6.17. The Kier molecular flexibility index (Phi) is 3.72. The summed E-state index contributed by atoms with van der Waals surface area (Å²) in [5.74, 6) is 0.590. The van der Waals surface area contributed by atoms with E-state index in [0.29, 0.717) is 12.0 Å². The molecule has 1 fully saturated rings. The first-order valence-corrected chi connectivity index (χ1v) is 6.21. The van der Waals surface area contributed by atoms with Gasteiger partial charge in [-0.25, -0.2) is 0 Å². The molecule has 2 nitrogen and oxygen atoms in total. The van der Waals surface area contributed by atoms with E-state index in [1.54, 1.807) is 7.11 Å². The average Bonchev–Trinajstić information content (AvgIpc) is 2.77. The van der Waals surface area contributed by atoms with E-state index >= 15 is 0 Å². The standard InChI is InChI=1S/C13H18ClNO/c1-10-7-12(4-3-11(10)8-14)15-6-5-13(9-15)16-2/h3-4,7,13H,5-6,8-9H2,1-2H3. The minimum absolute atomic E-state index is 0.382. The molecule has 3 heteroatoms. The molecule has 1 aromatic carbocycles. The van der Waals surface area contributed by atoms with Gasteiger partial charge in [-0.3, -0.25) is 0 Å². The van der Waals surface area contributed by atoms with Crippen LogP contribution in [0.5, 0.6) is 0 Å². The lowest BCUT2D eigenvalue weighted by Gasteiger charge is -2.19. The average molecular weight is 240 g/mol. The number of hydrogen-bond acceptors (Lipinski definition) is 2. The van der Waals surface area contributed by atoms with Gasteiger partial charge < -0.3 is 9.64 Å². The predicted molar refractivity (Wildman–Crippen MR) is 68.4 cm³/mol. The van der Waals surface area contributed by atoms with E-state index in [1.807, 2.05) is 0 Å². The van der Waals surface area contributed by atoms with Gasteiger partial charge in [-0.15, -0.1) is 11.6 Å². The van der Waals surface area contributed by atoms with Gasteiger partial charge in [0.15, 0.2) is 0 Å². The summed E-state index contributed by atoms with van der Waals surface area (Å²) in [6, 6.07) is 6.50. The lowest BCUT2D eigenvalue weighted by Crippen LogP contribution is -2.22. The fourth-order valence-electron chi connectivity index (χ4n) is 2.18. The van der Waals surface area contributed by atoms with Crippen LogP contribution in [0, 0.1) is 6.92 Å². The van der Waals surface area contributed by atoms with Crippen molar-refractivity contribution in [1.29, 1.82) is 0 Å². The molecule has 1 heterocycles. The Morgan fingerprint density at radius 1 is 1.50 bits per heavy atom. The highest BCUT2D eigenvalue weighted by Gasteiger charge is 2.22. The SMILES string of the molecule is COC1CCN(c2ccc(CCl)c(C)c2)C1. The van der Waals surface area contributed by atoms with Gasteiger partial charge in [0.05, 0.1) is 6.10 Å². The summed E-state index contributed by atoms with van der Waals surface area (Å²) in [5.41, 5.74) is 3.77. The molecular weight excluding hydrogens is 222 g/mol. The zero-order valence-corrected chi connectivity index (χ0v) is 10.6. The van der Waals surface area contributed by atoms with Crippen LogP contribution in [0.15, 0.2) is 18.2 Å². The largest absolute Gasteiger partial charge is 0.380 e. The maximum absolute atomic E-state index is 5.86. The molecule has 0 bridgehead atoms. The van der Waals surface area contributed by atoms with Crippen LogP contribution in [0.2, 0.25) is 0 Å². The summed E-state index contributed by atoms with van der Waals surface area (Å²) >= 11 is 5.86. The summed E-state index contributed by atoms with van der Waals surface area (Å²) in [6.07, 6.45) is 1.50. The van der Waals surface area contributed by atoms with Gasteiger partial charge in [0.1, 0.15) is 0 Å². The van der Waals surface area contributed by atoms with Gasteiger partial charge in [-0.05, 0) is 36.6 Å². The number of alkyl halides is 1. The van der Waals surface area contributed by atoms with Crippen molar-refractivity contribution in [3.63, 3.8) is 0 Å². The summed E-state index contributed by atoms with van der Waals surface area (Å²) in [4.78, 5) is 2.37. The topological polar surface area (TPSA) is 12.5 Å².